The molecule has 0 bridgehead atoms. The van der Waals surface area contributed by atoms with E-state index in [1.165, 1.54) is 11.3 Å². The fraction of sp³-hybridized carbons (Fsp3) is 0.214. The van der Waals surface area contributed by atoms with E-state index in [1.54, 1.807) is 25.7 Å². The summed E-state index contributed by atoms with van der Waals surface area (Å²) in [6, 6.07) is 5.92. The highest BCUT2D eigenvalue weighted by atomic mass is 35.5. The molecule has 4 nitrogen and oxygen atoms in total. The highest BCUT2D eigenvalue weighted by Gasteiger charge is 2.31. The molecule has 3 aromatic rings. The lowest BCUT2D eigenvalue weighted by Crippen LogP contribution is -2.24. The molecule has 0 N–H and O–H groups in total. The molecule has 0 amide bonds. The number of hydrogen-bond acceptors (Lipinski definition) is 5. The number of thiazole rings is 1. The fourth-order valence-corrected chi connectivity index (χ4v) is 3.18. The SMILES string of the molecule is COC(C)(c1ccc2nccnc2c1)c1cnc(Cl)s1. The molecule has 1 aromatic carbocycles. The molecule has 0 aliphatic rings. The summed E-state index contributed by atoms with van der Waals surface area (Å²) in [5.74, 6) is 0. The molecule has 0 spiro atoms. The van der Waals surface area contributed by atoms with Crippen LogP contribution in [0.1, 0.15) is 17.4 Å². The van der Waals surface area contributed by atoms with Crippen molar-refractivity contribution in [2.24, 2.45) is 0 Å². The molecule has 0 fully saturated rings. The van der Waals surface area contributed by atoms with Gasteiger partial charge in [-0.2, -0.15) is 0 Å². The summed E-state index contributed by atoms with van der Waals surface area (Å²) in [4.78, 5) is 13.7. The van der Waals surface area contributed by atoms with Crippen molar-refractivity contribution in [1.82, 2.24) is 15.0 Å². The molecule has 1 unspecified atom stereocenters. The quantitative estimate of drug-likeness (QED) is 0.741. The van der Waals surface area contributed by atoms with Crippen LogP contribution in [0.5, 0.6) is 0 Å². The first-order valence-electron chi connectivity index (χ1n) is 6.02. The lowest BCUT2D eigenvalue weighted by Gasteiger charge is -2.27. The Morgan fingerprint density at radius 1 is 1.15 bits per heavy atom. The highest BCUT2D eigenvalue weighted by Crippen LogP contribution is 2.37. The van der Waals surface area contributed by atoms with Gasteiger partial charge in [-0.25, -0.2) is 4.98 Å². The Labute approximate surface area is 125 Å². The van der Waals surface area contributed by atoms with Gasteiger partial charge in [-0.15, -0.1) is 11.3 Å². The third kappa shape index (κ3) is 2.18. The lowest BCUT2D eigenvalue weighted by atomic mass is 9.94. The minimum absolute atomic E-state index is 0.504. The molecule has 2 aromatic heterocycles. The molecular formula is C14H12ClN3OS. The van der Waals surface area contributed by atoms with Crippen LogP contribution in [0.3, 0.4) is 0 Å². The first-order chi connectivity index (χ1) is 9.63. The van der Waals surface area contributed by atoms with Crippen molar-refractivity contribution in [3.05, 3.63) is 51.7 Å². The number of aromatic nitrogens is 3. The second-order valence-corrected chi connectivity index (χ2v) is 6.09. The van der Waals surface area contributed by atoms with Crippen LogP contribution in [0.2, 0.25) is 4.47 Å². The normalized spacial score (nSPS) is 14.3. The summed E-state index contributed by atoms with van der Waals surface area (Å²) in [5, 5.41) is 0. The Bertz CT molecular complexity index is 761. The molecule has 102 valence electrons. The minimum atomic E-state index is -0.601. The molecule has 0 radical (unpaired) electrons. The number of methoxy groups -OCH3 is 1. The van der Waals surface area contributed by atoms with E-state index in [9.17, 15) is 0 Å². The van der Waals surface area contributed by atoms with Crippen LogP contribution in [-0.2, 0) is 10.3 Å². The van der Waals surface area contributed by atoms with Gasteiger partial charge in [0.1, 0.15) is 5.60 Å². The van der Waals surface area contributed by atoms with Crippen molar-refractivity contribution in [1.29, 1.82) is 0 Å². The van der Waals surface area contributed by atoms with Gasteiger partial charge in [0.15, 0.2) is 4.47 Å². The van der Waals surface area contributed by atoms with E-state index in [1.807, 2.05) is 25.1 Å². The van der Waals surface area contributed by atoms with Gasteiger partial charge in [0, 0.05) is 25.7 Å². The van der Waals surface area contributed by atoms with Gasteiger partial charge >= 0.3 is 0 Å². The summed E-state index contributed by atoms with van der Waals surface area (Å²) in [5.41, 5.74) is 2.09. The minimum Gasteiger partial charge on any atom is -0.368 e. The second kappa shape index (κ2) is 5.09. The Kier molecular flexibility index (Phi) is 3.41. The van der Waals surface area contributed by atoms with Crippen molar-refractivity contribution in [2.75, 3.05) is 7.11 Å². The lowest BCUT2D eigenvalue weighted by molar-refractivity contribution is 0.0422. The number of fused-ring (bicyclic) bond motifs is 1. The molecule has 20 heavy (non-hydrogen) atoms. The Balaban J connectivity index is 2.15. The predicted molar refractivity (Wildman–Crippen MR) is 80.1 cm³/mol. The summed E-state index contributed by atoms with van der Waals surface area (Å²) < 4.78 is 6.24. The van der Waals surface area contributed by atoms with E-state index < -0.39 is 5.60 Å². The maximum absolute atomic E-state index is 5.94. The summed E-state index contributed by atoms with van der Waals surface area (Å²) >= 11 is 7.35. The first kappa shape index (κ1) is 13.4. The number of benzene rings is 1. The molecule has 3 rings (SSSR count). The van der Waals surface area contributed by atoms with Gasteiger partial charge in [-0.1, -0.05) is 17.7 Å². The zero-order chi connectivity index (χ0) is 14.2. The topological polar surface area (TPSA) is 47.9 Å². The number of nitrogens with zero attached hydrogens (tertiary/aromatic N) is 3. The van der Waals surface area contributed by atoms with Crippen LogP contribution in [-0.4, -0.2) is 22.1 Å². The maximum Gasteiger partial charge on any atom is 0.183 e. The van der Waals surface area contributed by atoms with Crippen molar-refractivity contribution < 1.29 is 4.74 Å². The average Bonchev–Trinajstić information content (AvgIpc) is 2.93. The van der Waals surface area contributed by atoms with Gasteiger partial charge in [0.05, 0.1) is 15.9 Å². The average molecular weight is 306 g/mol. The van der Waals surface area contributed by atoms with Crippen molar-refractivity contribution in [3.63, 3.8) is 0 Å². The van der Waals surface area contributed by atoms with E-state index in [0.29, 0.717) is 4.47 Å². The van der Waals surface area contributed by atoms with Crippen LogP contribution in [0.4, 0.5) is 0 Å². The van der Waals surface area contributed by atoms with Gasteiger partial charge in [-0.05, 0) is 24.6 Å². The van der Waals surface area contributed by atoms with Crippen LogP contribution in [0.25, 0.3) is 11.0 Å². The standard InChI is InChI=1S/C14H12ClN3OS/c1-14(19-2,12-8-18-13(15)20-12)9-3-4-10-11(7-9)17-6-5-16-10/h3-8H,1-2H3. The number of hydrogen-bond donors (Lipinski definition) is 0. The second-order valence-electron chi connectivity index (χ2n) is 4.47. The predicted octanol–water partition coefficient (Wildman–Crippen LogP) is 3.65. The third-order valence-electron chi connectivity index (χ3n) is 3.38. The molecule has 0 aliphatic carbocycles. The van der Waals surface area contributed by atoms with Crippen LogP contribution in [0.15, 0.2) is 36.8 Å². The molecule has 1 atom stereocenters. The Morgan fingerprint density at radius 3 is 2.55 bits per heavy atom. The van der Waals surface area contributed by atoms with E-state index in [-0.39, 0.29) is 0 Å². The molecular weight excluding hydrogens is 294 g/mol. The molecule has 6 heteroatoms. The number of rotatable bonds is 3. The zero-order valence-corrected chi connectivity index (χ0v) is 12.6. The van der Waals surface area contributed by atoms with Gasteiger partial charge in [0.2, 0.25) is 0 Å². The van der Waals surface area contributed by atoms with Gasteiger partial charge in [0.25, 0.3) is 0 Å². The number of halogens is 1. The van der Waals surface area contributed by atoms with E-state index in [2.05, 4.69) is 15.0 Å². The van der Waals surface area contributed by atoms with E-state index in [0.717, 1.165) is 21.5 Å². The van der Waals surface area contributed by atoms with E-state index >= 15 is 0 Å². The summed E-state index contributed by atoms with van der Waals surface area (Å²) in [6.45, 7) is 1.99. The molecule has 2 heterocycles. The third-order valence-corrected chi connectivity index (χ3v) is 4.69. The summed E-state index contributed by atoms with van der Waals surface area (Å²) in [6.07, 6.45) is 5.11. The van der Waals surface area contributed by atoms with Crippen molar-refractivity contribution >= 4 is 34.0 Å². The fourth-order valence-electron chi connectivity index (χ4n) is 2.09. The van der Waals surface area contributed by atoms with Crippen LogP contribution < -0.4 is 0 Å². The maximum atomic E-state index is 5.94. The van der Waals surface area contributed by atoms with Gasteiger partial charge < -0.3 is 4.74 Å². The molecule has 0 saturated carbocycles. The van der Waals surface area contributed by atoms with Crippen molar-refractivity contribution in [3.8, 4) is 0 Å². The van der Waals surface area contributed by atoms with Crippen molar-refractivity contribution in [2.45, 2.75) is 12.5 Å². The monoisotopic (exact) mass is 305 g/mol. The highest BCUT2D eigenvalue weighted by molar-refractivity contribution is 7.15. The van der Waals surface area contributed by atoms with E-state index in [4.69, 9.17) is 16.3 Å². The van der Waals surface area contributed by atoms with Crippen LogP contribution in [0, 0.1) is 0 Å². The smallest absolute Gasteiger partial charge is 0.183 e. The molecule has 0 aliphatic heterocycles. The van der Waals surface area contributed by atoms with Gasteiger partial charge in [-0.3, -0.25) is 9.97 Å². The zero-order valence-electron chi connectivity index (χ0n) is 11.0. The summed E-state index contributed by atoms with van der Waals surface area (Å²) in [7, 11) is 1.68. The largest absolute Gasteiger partial charge is 0.368 e. The Hall–Kier alpha value is -1.56. The van der Waals surface area contributed by atoms with Crippen LogP contribution >= 0.6 is 22.9 Å². The Morgan fingerprint density at radius 2 is 1.90 bits per heavy atom. The number of ether oxygens (including phenoxy) is 1. The molecule has 0 saturated heterocycles. The first-order valence-corrected chi connectivity index (χ1v) is 7.21.